The molecule has 6 nitrogen and oxygen atoms in total. The second-order valence-electron chi connectivity index (χ2n) is 6.25. The Kier molecular flexibility index (Phi) is 4.99. The molecule has 1 atom stereocenters. The summed E-state index contributed by atoms with van der Waals surface area (Å²) in [6.07, 6.45) is 1.82. The number of nitrogens with zero attached hydrogens (tertiary/aromatic N) is 4. The fraction of sp³-hybridized carbons (Fsp3) is 0.471. The van der Waals surface area contributed by atoms with E-state index in [1.54, 1.807) is 0 Å². The van der Waals surface area contributed by atoms with Crippen LogP contribution in [0.25, 0.3) is 0 Å². The highest BCUT2D eigenvalue weighted by molar-refractivity contribution is 7.12. The number of ether oxygens (including phenoxy) is 1. The number of rotatable bonds is 4. The van der Waals surface area contributed by atoms with E-state index < -0.39 is 0 Å². The molecule has 0 aliphatic carbocycles. The van der Waals surface area contributed by atoms with Crippen molar-refractivity contribution in [2.45, 2.75) is 25.9 Å². The molecule has 1 saturated heterocycles. The molecule has 1 amide bonds. The Morgan fingerprint density at radius 2 is 2.21 bits per heavy atom. The van der Waals surface area contributed by atoms with Crippen LogP contribution < -0.4 is 9.64 Å². The van der Waals surface area contributed by atoms with Gasteiger partial charge >= 0.3 is 0 Å². The highest BCUT2D eigenvalue weighted by atomic mass is 32.1. The normalized spacial score (nSPS) is 17.6. The maximum absolute atomic E-state index is 12.6. The molecular weight excluding hydrogens is 324 g/mol. The molecule has 7 heteroatoms. The summed E-state index contributed by atoms with van der Waals surface area (Å²) >= 11 is 1.50. The predicted molar refractivity (Wildman–Crippen MR) is 95.0 cm³/mol. The van der Waals surface area contributed by atoms with Crippen LogP contribution in [0.5, 0.6) is 5.88 Å². The molecule has 0 bridgehead atoms. The zero-order valence-electron chi connectivity index (χ0n) is 14.2. The maximum Gasteiger partial charge on any atom is 0.264 e. The molecule has 2 aromatic rings. The molecule has 24 heavy (non-hydrogen) atoms. The third-order valence-electron chi connectivity index (χ3n) is 3.98. The Bertz CT molecular complexity index is 699. The zero-order valence-corrected chi connectivity index (χ0v) is 15.0. The van der Waals surface area contributed by atoms with Crippen LogP contribution in [0.1, 0.15) is 28.1 Å². The van der Waals surface area contributed by atoms with Gasteiger partial charge in [-0.3, -0.25) is 4.79 Å². The first kappa shape index (κ1) is 16.7. The number of carbonyl (C=O) groups is 1. The average Bonchev–Trinajstić information content (AvgIpc) is 3.01. The van der Waals surface area contributed by atoms with Gasteiger partial charge in [-0.1, -0.05) is 0 Å². The number of likely N-dealkylation sites (tertiary alicyclic amines) is 1. The largest absolute Gasteiger partial charge is 0.471 e. The fourth-order valence-electron chi connectivity index (χ4n) is 2.70. The van der Waals surface area contributed by atoms with E-state index in [2.05, 4.69) is 10.2 Å². The molecule has 3 rings (SSSR count). The van der Waals surface area contributed by atoms with Crippen LogP contribution in [0.3, 0.4) is 0 Å². The standard InChI is InChI=1S/C17H22N4O2S/c1-12-9-14(24-11-12)17(22)21-8-4-5-13(10-21)23-16-7-6-15(18-19-16)20(2)3/h6-7,9,11,13H,4-5,8,10H2,1-3H3. The Morgan fingerprint density at radius 1 is 1.38 bits per heavy atom. The first-order valence-electron chi connectivity index (χ1n) is 8.05. The van der Waals surface area contributed by atoms with Gasteiger partial charge in [-0.25, -0.2) is 0 Å². The van der Waals surface area contributed by atoms with Crippen molar-refractivity contribution in [1.82, 2.24) is 15.1 Å². The van der Waals surface area contributed by atoms with Gasteiger partial charge in [0.1, 0.15) is 6.10 Å². The van der Waals surface area contributed by atoms with Crippen LogP contribution in [0.4, 0.5) is 5.82 Å². The van der Waals surface area contributed by atoms with Crippen molar-refractivity contribution in [2.75, 3.05) is 32.1 Å². The lowest BCUT2D eigenvalue weighted by Crippen LogP contribution is -2.44. The van der Waals surface area contributed by atoms with E-state index in [1.807, 2.05) is 54.4 Å². The topological polar surface area (TPSA) is 58.6 Å². The van der Waals surface area contributed by atoms with Crippen molar-refractivity contribution in [3.8, 4) is 5.88 Å². The Hall–Kier alpha value is -2.15. The van der Waals surface area contributed by atoms with Crippen molar-refractivity contribution in [3.63, 3.8) is 0 Å². The monoisotopic (exact) mass is 346 g/mol. The van der Waals surface area contributed by atoms with E-state index in [9.17, 15) is 4.79 Å². The molecule has 1 fully saturated rings. The number of aryl methyl sites for hydroxylation is 1. The van der Waals surface area contributed by atoms with Crippen molar-refractivity contribution in [2.24, 2.45) is 0 Å². The summed E-state index contributed by atoms with van der Waals surface area (Å²) in [7, 11) is 3.84. The summed E-state index contributed by atoms with van der Waals surface area (Å²) in [5.74, 6) is 1.39. The lowest BCUT2D eigenvalue weighted by atomic mass is 10.1. The lowest BCUT2D eigenvalue weighted by molar-refractivity contribution is 0.0530. The van der Waals surface area contributed by atoms with Gasteiger partial charge in [0.25, 0.3) is 5.91 Å². The van der Waals surface area contributed by atoms with Crippen LogP contribution in [0.15, 0.2) is 23.6 Å². The molecule has 1 aliphatic rings. The van der Waals surface area contributed by atoms with Crippen molar-refractivity contribution in [1.29, 1.82) is 0 Å². The zero-order chi connectivity index (χ0) is 17.1. The molecular formula is C17H22N4O2S. The minimum atomic E-state index is -0.0386. The second-order valence-corrected chi connectivity index (χ2v) is 7.16. The van der Waals surface area contributed by atoms with Gasteiger partial charge in [0.2, 0.25) is 5.88 Å². The number of anilines is 1. The molecule has 3 heterocycles. The van der Waals surface area contributed by atoms with Crippen LogP contribution in [-0.2, 0) is 0 Å². The average molecular weight is 346 g/mol. The van der Waals surface area contributed by atoms with Crippen LogP contribution >= 0.6 is 11.3 Å². The Balaban J connectivity index is 1.62. The molecule has 2 aromatic heterocycles. The summed E-state index contributed by atoms with van der Waals surface area (Å²) in [4.78, 5) is 17.1. The molecule has 0 saturated carbocycles. The quantitative estimate of drug-likeness (QED) is 0.852. The fourth-order valence-corrected chi connectivity index (χ4v) is 3.57. The number of hydrogen-bond donors (Lipinski definition) is 0. The third kappa shape index (κ3) is 3.84. The number of carbonyl (C=O) groups excluding carboxylic acids is 1. The summed E-state index contributed by atoms with van der Waals surface area (Å²) in [6, 6.07) is 5.65. The minimum Gasteiger partial charge on any atom is -0.471 e. The van der Waals surface area contributed by atoms with E-state index in [0.717, 1.165) is 35.6 Å². The number of amides is 1. The molecule has 1 unspecified atom stereocenters. The molecule has 0 spiro atoms. The SMILES string of the molecule is Cc1csc(C(=O)N2CCCC(Oc3ccc(N(C)C)nn3)C2)c1. The van der Waals surface area contributed by atoms with Crippen molar-refractivity contribution in [3.05, 3.63) is 34.0 Å². The van der Waals surface area contributed by atoms with E-state index in [1.165, 1.54) is 11.3 Å². The summed E-state index contributed by atoms with van der Waals surface area (Å²) in [5, 5.41) is 10.2. The maximum atomic E-state index is 12.6. The van der Waals surface area contributed by atoms with E-state index in [4.69, 9.17) is 4.74 Å². The van der Waals surface area contributed by atoms with Crippen molar-refractivity contribution >= 4 is 23.1 Å². The second kappa shape index (κ2) is 7.17. The smallest absolute Gasteiger partial charge is 0.264 e. The van der Waals surface area contributed by atoms with Crippen LogP contribution in [-0.4, -0.2) is 54.3 Å². The molecule has 0 N–H and O–H groups in total. The van der Waals surface area contributed by atoms with Gasteiger partial charge in [-0.2, -0.15) is 0 Å². The Morgan fingerprint density at radius 3 is 2.83 bits per heavy atom. The number of thiophene rings is 1. The van der Waals surface area contributed by atoms with Gasteiger partial charge in [0.15, 0.2) is 5.82 Å². The first-order valence-corrected chi connectivity index (χ1v) is 8.93. The highest BCUT2D eigenvalue weighted by Gasteiger charge is 2.26. The van der Waals surface area contributed by atoms with Gasteiger partial charge in [-0.15, -0.1) is 21.5 Å². The lowest BCUT2D eigenvalue weighted by Gasteiger charge is -2.32. The summed E-state index contributed by atoms with van der Waals surface area (Å²) in [6.45, 7) is 3.37. The van der Waals surface area contributed by atoms with Gasteiger partial charge in [-0.05, 0) is 42.8 Å². The summed E-state index contributed by atoms with van der Waals surface area (Å²) < 4.78 is 5.93. The van der Waals surface area contributed by atoms with Crippen LogP contribution in [0, 0.1) is 6.92 Å². The van der Waals surface area contributed by atoms with E-state index in [-0.39, 0.29) is 12.0 Å². The van der Waals surface area contributed by atoms with Gasteiger partial charge < -0.3 is 14.5 Å². The number of hydrogen-bond acceptors (Lipinski definition) is 6. The van der Waals surface area contributed by atoms with Crippen molar-refractivity contribution < 1.29 is 9.53 Å². The first-order chi connectivity index (χ1) is 11.5. The predicted octanol–water partition coefficient (Wildman–Crippen LogP) is 2.60. The minimum absolute atomic E-state index is 0.0386. The van der Waals surface area contributed by atoms with E-state index >= 15 is 0 Å². The van der Waals surface area contributed by atoms with Crippen LogP contribution in [0.2, 0.25) is 0 Å². The molecule has 0 aromatic carbocycles. The number of piperidine rings is 1. The highest BCUT2D eigenvalue weighted by Crippen LogP contribution is 2.21. The molecule has 0 radical (unpaired) electrons. The Labute approximate surface area is 146 Å². The molecule has 1 aliphatic heterocycles. The summed E-state index contributed by atoms with van der Waals surface area (Å²) in [5.41, 5.74) is 1.13. The third-order valence-corrected chi connectivity index (χ3v) is 5.01. The van der Waals surface area contributed by atoms with Gasteiger partial charge in [0, 0.05) is 26.7 Å². The van der Waals surface area contributed by atoms with Gasteiger partial charge in [0.05, 0.1) is 11.4 Å². The number of aromatic nitrogens is 2. The molecule has 128 valence electrons. The van der Waals surface area contributed by atoms with E-state index in [0.29, 0.717) is 12.4 Å².